The maximum absolute atomic E-state index is 11.6. The Labute approximate surface area is 82.8 Å². The van der Waals surface area contributed by atoms with Crippen LogP contribution in [-0.4, -0.2) is 19.1 Å². The lowest BCUT2D eigenvalue weighted by atomic mass is 10.5. The van der Waals surface area contributed by atoms with E-state index >= 15 is 0 Å². The third-order valence-corrected chi connectivity index (χ3v) is 2.53. The maximum Gasteiger partial charge on any atom is 0.329 e. The van der Waals surface area contributed by atoms with Crippen LogP contribution in [0.5, 0.6) is 0 Å². The van der Waals surface area contributed by atoms with Crippen molar-refractivity contribution in [3.05, 3.63) is 25.6 Å². The molecule has 0 aromatic carbocycles. The summed E-state index contributed by atoms with van der Waals surface area (Å²) in [6, 6.07) is 0. The first-order valence-corrected chi connectivity index (χ1v) is 4.31. The molecule has 0 atom stereocenters. The Morgan fingerprint density at radius 2 is 1.79 bits per heavy atom. The van der Waals surface area contributed by atoms with Crippen molar-refractivity contribution < 1.29 is 0 Å². The number of aryl methyl sites for hydroxylation is 1. The third kappa shape index (κ3) is 0.987. The SMILES string of the molecule is Cn1c(=O)[nH]c2c([nH]c(=S)n2C)c1=O. The Morgan fingerprint density at radius 3 is 2.43 bits per heavy atom. The van der Waals surface area contributed by atoms with Gasteiger partial charge in [-0.05, 0) is 12.2 Å². The largest absolute Gasteiger partial charge is 0.329 e. The van der Waals surface area contributed by atoms with Crippen molar-refractivity contribution in [1.82, 2.24) is 19.1 Å². The average Bonchev–Trinajstić information content (AvgIpc) is 2.42. The number of H-pyrrole nitrogens is 2. The van der Waals surface area contributed by atoms with Crippen molar-refractivity contribution in [2.24, 2.45) is 14.1 Å². The molecule has 74 valence electrons. The first kappa shape index (κ1) is 8.95. The molecule has 2 N–H and O–H groups in total. The van der Waals surface area contributed by atoms with E-state index in [1.54, 1.807) is 11.6 Å². The van der Waals surface area contributed by atoms with Crippen LogP contribution in [0.25, 0.3) is 11.2 Å². The van der Waals surface area contributed by atoms with E-state index in [1.807, 2.05) is 0 Å². The second-order valence-corrected chi connectivity index (χ2v) is 3.39. The van der Waals surface area contributed by atoms with Crippen LogP contribution in [-0.2, 0) is 14.1 Å². The topological polar surface area (TPSA) is 75.6 Å². The molecule has 2 rings (SSSR count). The highest BCUT2D eigenvalue weighted by Gasteiger charge is 2.08. The van der Waals surface area contributed by atoms with Gasteiger partial charge in [0, 0.05) is 14.1 Å². The van der Waals surface area contributed by atoms with Crippen molar-refractivity contribution in [2.75, 3.05) is 0 Å². The van der Waals surface area contributed by atoms with Crippen molar-refractivity contribution in [2.45, 2.75) is 0 Å². The second-order valence-electron chi connectivity index (χ2n) is 3.01. The van der Waals surface area contributed by atoms with E-state index in [-0.39, 0.29) is 5.56 Å². The van der Waals surface area contributed by atoms with Gasteiger partial charge >= 0.3 is 5.69 Å². The number of fused-ring (bicyclic) bond motifs is 1. The lowest BCUT2D eigenvalue weighted by Gasteiger charge is -1.96. The number of nitrogens with zero attached hydrogens (tertiary/aromatic N) is 2. The number of aromatic amines is 2. The molecule has 2 aromatic heterocycles. The first-order chi connectivity index (χ1) is 6.52. The van der Waals surface area contributed by atoms with E-state index < -0.39 is 5.69 Å². The molecule has 0 fully saturated rings. The molecule has 0 saturated carbocycles. The molecular formula is C7H8N4O2S. The Balaban J connectivity index is 3.22. The highest BCUT2D eigenvalue weighted by molar-refractivity contribution is 7.71. The van der Waals surface area contributed by atoms with Crippen molar-refractivity contribution in [1.29, 1.82) is 0 Å². The zero-order valence-corrected chi connectivity index (χ0v) is 8.44. The standard InChI is InChI=1S/C7H8N4O2S/c1-10-4-3(8-7(10)14)5(12)11(2)6(13)9-4/h1-2H3,(H,8,14)(H,9,13). The number of aromatic nitrogens is 4. The van der Waals surface area contributed by atoms with E-state index in [4.69, 9.17) is 12.2 Å². The first-order valence-electron chi connectivity index (χ1n) is 3.90. The van der Waals surface area contributed by atoms with E-state index in [0.29, 0.717) is 15.9 Å². The van der Waals surface area contributed by atoms with E-state index in [9.17, 15) is 9.59 Å². The number of hydrogen-bond acceptors (Lipinski definition) is 3. The summed E-state index contributed by atoms with van der Waals surface area (Å²) < 4.78 is 2.94. The van der Waals surface area contributed by atoms with Crippen LogP contribution in [0.15, 0.2) is 9.59 Å². The van der Waals surface area contributed by atoms with Crippen LogP contribution >= 0.6 is 12.2 Å². The van der Waals surface area contributed by atoms with Crippen LogP contribution in [0.3, 0.4) is 0 Å². The minimum atomic E-state index is -0.452. The van der Waals surface area contributed by atoms with Gasteiger partial charge in [-0.15, -0.1) is 0 Å². The summed E-state index contributed by atoms with van der Waals surface area (Å²) in [5, 5.41) is 0. The summed E-state index contributed by atoms with van der Waals surface area (Å²) in [4.78, 5) is 28.1. The van der Waals surface area contributed by atoms with Crippen molar-refractivity contribution in [3.8, 4) is 0 Å². The van der Waals surface area contributed by atoms with Crippen LogP contribution in [0, 0.1) is 4.77 Å². The average molecular weight is 212 g/mol. The van der Waals surface area contributed by atoms with E-state index in [1.165, 1.54) is 7.05 Å². The maximum atomic E-state index is 11.6. The highest BCUT2D eigenvalue weighted by atomic mass is 32.1. The van der Waals surface area contributed by atoms with Crippen molar-refractivity contribution in [3.63, 3.8) is 0 Å². The zero-order valence-electron chi connectivity index (χ0n) is 7.62. The molecule has 0 radical (unpaired) electrons. The summed E-state index contributed by atoms with van der Waals surface area (Å²) in [5.74, 6) is 0. The molecule has 0 aliphatic heterocycles. The van der Waals surface area contributed by atoms with Crippen LogP contribution in [0.1, 0.15) is 0 Å². The molecule has 0 aliphatic rings. The molecule has 14 heavy (non-hydrogen) atoms. The fraction of sp³-hybridized carbons (Fsp3) is 0.286. The fourth-order valence-corrected chi connectivity index (χ4v) is 1.46. The van der Waals surface area contributed by atoms with Crippen LogP contribution in [0.4, 0.5) is 0 Å². The van der Waals surface area contributed by atoms with Gasteiger partial charge in [-0.2, -0.15) is 0 Å². The normalized spacial score (nSPS) is 11.0. The predicted octanol–water partition coefficient (Wildman–Crippen LogP) is -0.377. The lowest BCUT2D eigenvalue weighted by molar-refractivity contribution is 0.784. The highest BCUT2D eigenvalue weighted by Crippen LogP contribution is 2.01. The quantitative estimate of drug-likeness (QED) is 0.585. The van der Waals surface area contributed by atoms with Crippen LogP contribution < -0.4 is 11.2 Å². The van der Waals surface area contributed by atoms with Gasteiger partial charge in [-0.1, -0.05) is 0 Å². The van der Waals surface area contributed by atoms with Crippen LogP contribution in [0.2, 0.25) is 0 Å². The molecule has 6 nitrogen and oxygen atoms in total. The molecule has 0 spiro atoms. The summed E-state index contributed by atoms with van der Waals surface area (Å²) in [6.45, 7) is 0. The monoisotopic (exact) mass is 212 g/mol. The van der Waals surface area contributed by atoms with Gasteiger partial charge in [-0.25, -0.2) is 4.79 Å². The summed E-state index contributed by atoms with van der Waals surface area (Å²) >= 11 is 4.94. The van der Waals surface area contributed by atoms with Gasteiger partial charge in [0.2, 0.25) is 0 Å². The summed E-state index contributed by atoms with van der Waals surface area (Å²) in [6.07, 6.45) is 0. The zero-order chi connectivity index (χ0) is 10.5. The molecule has 0 amide bonds. The molecule has 0 bridgehead atoms. The van der Waals surface area contributed by atoms with Gasteiger partial charge in [0.05, 0.1) is 0 Å². The number of imidazole rings is 1. The molecule has 7 heteroatoms. The Morgan fingerprint density at radius 1 is 1.14 bits per heavy atom. The lowest BCUT2D eigenvalue weighted by Crippen LogP contribution is -2.32. The minimum Gasteiger partial charge on any atom is -0.325 e. The molecular weight excluding hydrogens is 204 g/mol. The Kier molecular flexibility index (Phi) is 1.71. The van der Waals surface area contributed by atoms with Gasteiger partial charge in [0.1, 0.15) is 11.2 Å². The smallest absolute Gasteiger partial charge is 0.325 e. The summed E-state index contributed by atoms with van der Waals surface area (Å²) in [5.41, 5.74) is -0.0924. The Bertz CT molecular complexity index is 672. The second kappa shape index (κ2) is 2.68. The van der Waals surface area contributed by atoms with Gasteiger partial charge in [0.15, 0.2) is 4.77 Å². The summed E-state index contributed by atoms with van der Waals surface area (Å²) in [7, 11) is 3.08. The number of nitrogens with one attached hydrogen (secondary N) is 2. The molecule has 0 saturated heterocycles. The van der Waals surface area contributed by atoms with E-state index in [2.05, 4.69) is 9.97 Å². The molecule has 2 aromatic rings. The Hall–Kier alpha value is -1.63. The number of hydrogen-bond donors (Lipinski definition) is 2. The van der Waals surface area contributed by atoms with E-state index in [0.717, 1.165) is 4.57 Å². The van der Waals surface area contributed by atoms with Crippen molar-refractivity contribution >= 4 is 23.4 Å². The third-order valence-electron chi connectivity index (χ3n) is 2.16. The van der Waals surface area contributed by atoms with Gasteiger partial charge in [-0.3, -0.25) is 14.3 Å². The predicted molar refractivity (Wildman–Crippen MR) is 54.0 cm³/mol. The number of rotatable bonds is 0. The van der Waals surface area contributed by atoms with Gasteiger partial charge < -0.3 is 9.55 Å². The molecule has 2 heterocycles. The fourth-order valence-electron chi connectivity index (χ4n) is 1.27. The molecule has 0 unspecified atom stereocenters. The van der Waals surface area contributed by atoms with Gasteiger partial charge in [0.25, 0.3) is 5.56 Å². The minimum absolute atomic E-state index is 0.319. The molecule has 0 aliphatic carbocycles.